The molecule has 2 amide bonds. The number of fused-ring (bicyclic) bond motifs is 3. The van der Waals surface area contributed by atoms with Crippen LogP contribution in [0.1, 0.15) is 37.0 Å². The first-order chi connectivity index (χ1) is 20.6. The third kappa shape index (κ3) is 5.92. The van der Waals surface area contributed by atoms with Crippen molar-refractivity contribution in [2.45, 2.75) is 36.0 Å². The van der Waals surface area contributed by atoms with Crippen LogP contribution in [0.25, 0.3) is 26.3 Å². The van der Waals surface area contributed by atoms with Gasteiger partial charge in [-0.1, -0.05) is 56.0 Å². The smallest absolute Gasteiger partial charge is 0.356 e. The molecule has 0 bridgehead atoms. The van der Waals surface area contributed by atoms with E-state index >= 15 is 0 Å². The highest BCUT2D eigenvalue weighted by Crippen LogP contribution is 2.35. The number of rotatable bonds is 7. The molecule has 10 nitrogen and oxygen atoms in total. The Hall–Kier alpha value is -4.81. The van der Waals surface area contributed by atoms with Gasteiger partial charge in [0.1, 0.15) is 5.75 Å². The van der Waals surface area contributed by atoms with Gasteiger partial charge in [0.2, 0.25) is 0 Å². The quantitative estimate of drug-likeness (QED) is 0.172. The Morgan fingerprint density at radius 1 is 0.977 bits per heavy atom. The SMILES string of the molecule is COc1ccc(-c2cn(NC(=O)Nc3ccc(Sc4ccc5c(c4)sc4nc(C(=O)O)cn45)cc3)nc2C(C)(C)C)cc1. The Bertz CT molecular complexity index is 1970. The van der Waals surface area contributed by atoms with Crippen molar-refractivity contribution in [2.24, 2.45) is 0 Å². The summed E-state index contributed by atoms with van der Waals surface area (Å²) in [6.45, 7) is 6.25. The van der Waals surface area contributed by atoms with Crippen molar-refractivity contribution >= 4 is 56.0 Å². The summed E-state index contributed by atoms with van der Waals surface area (Å²) in [5.74, 6) is -0.269. The minimum absolute atomic E-state index is 0.0339. The van der Waals surface area contributed by atoms with Gasteiger partial charge in [-0.25, -0.2) is 20.0 Å². The molecule has 0 aliphatic rings. The summed E-state index contributed by atoms with van der Waals surface area (Å²) in [6.07, 6.45) is 3.36. The summed E-state index contributed by atoms with van der Waals surface area (Å²) < 4.78 is 8.10. The minimum atomic E-state index is -1.04. The van der Waals surface area contributed by atoms with Gasteiger partial charge in [0.25, 0.3) is 0 Å². The van der Waals surface area contributed by atoms with Gasteiger partial charge in [-0.05, 0) is 60.2 Å². The molecule has 3 N–H and O–H groups in total. The maximum absolute atomic E-state index is 12.8. The van der Waals surface area contributed by atoms with Crippen molar-refractivity contribution < 1.29 is 19.4 Å². The number of hydrogen-bond donors (Lipinski definition) is 3. The summed E-state index contributed by atoms with van der Waals surface area (Å²) in [6, 6.07) is 20.9. The third-order valence-electron chi connectivity index (χ3n) is 6.67. The zero-order valence-electron chi connectivity index (χ0n) is 23.8. The first kappa shape index (κ1) is 28.3. The van der Waals surface area contributed by atoms with Gasteiger partial charge < -0.3 is 15.2 Å². The molecular weight excluding hydrogens is 585 g/mol. The predicted molar refractivity (Wildman–Crippen MR) is 169 cm³/mol. The lowest BCUT2D eigenvalue weighted by atomic mass is 9.87. The molecule has 3 aromatic carbocycles. The van der Waals surface area contributed by atoms with Crippen LogP contribution in [0, 0.1) is 0 Å². The average Bonchev–Trinajstić information content (AvgIpc) is 3.67. The molecule has 0 saturated carbocycles. The molecule has 3 aromatic heterocycles. The van der Waals surface area contributed by atoms with Crippen LogP contribution in [-0.4, -0.2) is 43.5 Å². The summed E-state index contributed by atoms with van der Waals surface area (Å²) >= 11 is 3.04. The number of carbonyl (C=O) groups excluding carboxylic acids is 1. The predicted octanol–water partition coefficient (Wildman–Crippen LogP) is 7.34. The van der Waals surface area contributed by atoms with E-state index in [-0.39, 0.29) is 11.1 Å². The van der Waals surface area contributed by atoms with Gasteiger partial charge >= 0.3 is 12.0 Å². The number of thiazole rings is 1. The molecule has 0 fully saturated rings. The number of carboxylic acid groups (broad SMARTS) is 1. The number of aromatic nitrogens is 4. The largest absolute Gasteiger partial charge is 0.497 e. The van der Waals surface area contributed by atoms with Crippen molar-refractivity contribution in [2.75, 3.05) is 17.9 Å². The number of anilines is 1. The summed E-state index contributed by atoms with van der Waals surface area (Å²) in [5.41, 5.74) is 6.91. The Balaban J connectivity index is 1.12. The number of imidazole rings is 1. The first-order valence-corrected chi connectivity index (χ1v) is 15.0. The fraction of sp³-hybridized carbons (Fsp3) is 0.161. The number of ether oxygens (including phenoxy) is 1. The maximum Gasteiger partial charge on any atom is 0.356 e. The number of nitrogens with one attached hydrogen (secondary N) is 2. The highest BCUT2D eigenvalue weighted by atomic mass is 32.2. The lowest BCUT2D eigenvalue weighted by Crippen LogP contribution is -2.28. The second-order valence-corrected chi connectivity index (χ2v) is 13.0. The lowest BCUT2D eigenvalue weighted by molar-refractivity contribution is 0.0691. The zero-order chi connectivity index (χ0) is 30.3. The van der Waals surface area contributed by atoms with Crippen molar-refractivity contribution in [3.63, 3.8) is 0 Å². The van der Waals surface area contributed by atoms with E-state index in [1.54, 1.807) is 29.5 Å². The number of benzene rings is 3. The molecule has 3 heterocycles. The van der Waals surface area contributed by atoms with Crippen molar-refractivity contribution in [3.8, 4) is 16.9 Å². The molecule has 0 unspecified atom stereocenters. The Morgan fingerprint density at radius 3 is 2.37 bits per heavy atom. The highest BCUT2D eigenvalue weighted by molar-refractivity contribution is 7.99. The second kappa shape index (κ2) is 11.1. The minimum Gasteiger partial charge on any atom is -0.497 e. The van der Waals surface area contributed by atoms with Crippen LogP contribution in [0.5, 0.6) is 5.75 Å². The normalized spacial score (nSPS) is 11.6. The molecule has 12 heteroatoms. The van der Waals surface area contributed by atoms with Crippen LogP contribution >= 0.6 is 23.1 Å². The lowest BCUT2D eigenvalue weighted by Gasteiger charge is -2.17. The molecule has 0 aliphatic carbocycles. The fourth-order valence-electron chi connectivity index (χ4n) is 4.62. The number of aromatic carboxylic acids is 1. The summed E-state index contributed by atoms with van der Waals surface area (Å²) in [7, 11) is 1.63. The van der Waals surface area contributed by atoms with E-state index in [1.165, 1.54) is 16.1 Å². The average molecular weight is 613 g/mol. The van der Waals surface area contributed by atoms with E-state index in [2.05, 4.69) is 47.7 Å². The van der Waals surface area contributed by atoms with Crippen LogP contribution in [-0.2, 0) is 5.41 Å². The fourth-order valence-corrected chi connectivity index (χ4v) is 6.60. The van der Waals surface area contributed by atoms with Crippen LogP contribution < -0.4 is 15.5 Å². The van der Waals surface area contributed by atoms with E-state index in [0.717, 1.165) is 42.6 Å². The molecular formula is C31H28N6O4S2. The maximum atomic E-state index is 12.8. The molecule has 6 rings (SSSR count). The molecule has 43 heavy (non-hydrogen) atoms. The molecule has 0 radical (unpaired) electrons. The topological polar surface area (TPSA) is 123 Å². The third-order valence-corrected chi connectivity index (χ3v) is 8.69. The van der Waals surface area contributed by atoms with Crippen molar-refractivity contribution in [3.05, 3.63) is 90.5 Å². The number of amides is 2. The van der Waals surface area contributed by atoms with Gasteiger partial charge in [0, 0.05) is 32.7 Å². The van der Waals surface area contributed by atoms with Crippen molar-refractivity contribution in [1.82, 2.24) is 19.3 Å². The summed E-state index contributed by atoms with van der Waals surface area (Å²) in [5, 5.41) is 16.7. The van der Waals surface area contributed by atoms with Crippen LogP contribution in [0.4, 0.5) is 10.5 Å². The second-order valence-electron chi connectivity index (χ2n) is 10.8. The van der Waals surface area contributed by atoms with Gasteiger partial charge in [0.15, 0.2) is 10.7 Å². The molecule has 0 atom stereocenters. The number of nitrogens with zero attached hydrogens (tertiary/aromatic N) is 4. The van der Waals surface area contributed by atoms with Gasteiger partial charge in [-0.2, -0.15) is 9.89 Å². The monoisotopic (exact) mass is 612 g/mol. The van der Waals surface area contributed by atoms with E-state index in [1.807, 2.05) is 66.9 Å². The zero-order valence-corrected chi connectivity index (χ0v) is 25.4. The van der Waals surface area contributed by atoms with Gasteiger partial charge in [-0.15, -0.1) is 0 Å². The first-order valence-electron chi connectivity index (χ1n) is 13.3. The number of urea groups is 1. The Labute approximate surface area is 255 Å². The van der Waals surface area contributed by atoms with E-state index in [4.69, 9.17) is 4.74 Å². The van der Waals surface area contributed by atoms with Crippen LogP contribution in [0.15, 0.2) is 88.9 Å². The van der Waals surface area contributed by atoms with Crippen LogP contribution in [0.3, 0.4) is 0 Å². The number of carboxylic acids is 1. The number of methoxy groups -OCH3 is 1. The standard InChI is InChI=1S/C31H28N6O4S2/c1-31(2,3)27-23(18-5-9-20(41-4)10-6-18)16-37(34-27)35-29(40)32-19-7-11-21(12-8-19)42-22-13-14-25-26(15-22)43-30-33-24(28(38)39)17-36(25)30/h5-17H,1-4H3,(H,38,39)(H2,32,35,40). The molecule has 0 spiro atoms. The number of hydrogen-bond acceptors (Lipinski definition) is 7. The van der Waals surface area contributed by atoms with E-state index in [0.29, 0.717) is 10.6 Å². The van der Waals surface area contributed by atoms with E-state index < -0.39 is 12.0 Å². The highest BCUT2D eigenvalue weighted by Gasteiger charge is 2.24. The van der Waals surface area contributed by atoms with Gasteiger partial charge in [-0.3, -0.25) is 4.40 Å². The number of carbonyl (C=O) groups is 2. The Kier molecular flexibility index (Phi) is 7.32. The molecule has 218 valence electrons. The van der Waals surface area contributed by atoms with E-state index in [9.17, 15) is 14.7 Å². The Morgan fingerprint density at radius 2 is 1.70 bits per heavy atom. The van der Waals surface area contributed by atoms with Crippen LogP contribution in [0.2, 0.25) is 0 Å². The summed E-state index contributed by atoms with van der Waals surface area (Å²) in [4.78, 5) is 32.4. The molecule has 6 aromatic rings. The van der Waals surface area contributed by atoms with Gasteiger partial charge in [0.05, 0.1) is 29.2 Å². The molecule has 0 aliphatic heterocycles. The van der Waals surface area contributed by atoms with Crippen molar-refractivity contribution in [1.29, 1.82) is 0 Å². The molecule has 0 saturated heterocycles.